The number of ketones is 2. The topological polar surface area (TPSA) is 66.5 Å². The van der Waals surface area contributed by atoms with Crippen LogP contribution in [0.1, 0.15) is 53.4 Å². The van der Waals surface area contributed by atoms with Crippen LogP contribution in [0.5, 0.6) is 0 Å². The lowest BCUT2D eigenvalue weighted by molar-refractivity contribution is -0.140. The number of nitrogens with one attached hydrogen (secondary N) is 1. The van der Waals surface area contributed by atoms with Crippen LogP contribution in [0.15, 0.2) is 0 Å². The predicted molar refractivity (Wildman–Crippen MR) is 84.4 cm³/mol. The summed E-state index contributed by atoms with van der Waals surface area (Å²) in [6.07, 6.45) is 3.05. The van der Waals surface area contributed by atoms with Crippen molar-refractivity contribution in [2.24, 2.45) is 11.8 Å². The molecule has 0 radical (unpaired) electrons. The van der Waals surface area contributed by atoms with E-state index in [1.165, 1.54) is 0 Å². The maximum absolute atomic E-state index is 12.7. The third kappa shape index (κ3) is 3.40. The van der Waals surface area contributed by atoms with E-state index in [9.17, 15) is 14.4 Å². The Morgan fingerprint density at radius 1 is 0.909 bits per heavy atom. The lowest BCUT2D eigenvalue weighted by Crippen LogP contribution is -2.51. The van der Waals surface area contributed by atoms with E-state index in [2.05, 4.69) is 5.32 Å². The number of rotatable bonds is 5. The molecular formula is C17H28N2O3. The first-order valence-corrected chi connectivity index (χ1v) is 8.47. The van der Waals surface area contributed by atoms with Crippen LogP contribution in [-0.4, -0.2) is 47.0 Å². The quantitative estimate of drug-likeness (QED) is 0.837. The van der Waals surface area contributed by atoms with E-state index in [0.29, 0.717) is 19.4 Å². The second kappa shape index (κ2) is 6.90. The van der Waals surface area contributed by atoms with E-state index in [1.54, 1.807) is 4.90 Å². The smallest absolute Gasteiger partial charge is 0.240 e. The lowest BCUT2D eigenvalue weighted by atomic mass is 9.99. The van der Waals surface area contributed by atoms with E-state index in [-0.39, 0.29) is 47.4 Å². The van der Waals surface area contributed by atoms with E-state index in [1.807, 2.05) is 27.7 Å². The zero-order valence-electron chi connectivity index (χ0n) is 14.1. The van der Waals surface area contributed by atoms with Crippen molar-refractivity contribution in [1.82, 2.24) is 10.2 Å². The Morgan fingerprint density at radius 2 is 1.50 bits per heavy atom. The normalized spacial score (nSPS) is 28.6. The van der Waals surface area contributed by atoms with Gasteiger partial charge in [0.15, 0.2) is 11.6 Å². The third-order valence-electron chi connectivity index (χ3n) is 4.79. The van der Waals surface area contributed by atoms with Crippen molar-refractivity contribution in [1.29, 1.82) is 0 Å². The van der Waals surface area contributed by atoms with Crippen LogP contribution in [0.3, 0.4) is 0 Å². The van der Waals surface area contributed by atoms with Gasteiger partial charge in [-0.15, -0.1) is 0 Å². The van der Waals surface area contributed by atoms with Gasteiger partial charge in [0.1, 0.15) is 0 Å². The van der Waals surface area contributed by atoms with Gasteiger partial charge in [-0.3, -0.25) is 19.7 Å². The first-order chi connectivity index (χ1) is 10.3. The number of nitrogens with zero attached hydrogens (tertiary/aromatic N) is 1. The fourth-order valence-corrected chi connectivity index (χ4v) is 3.48. The van der Waals surface area contributed by atoms with Crippen LogP contribution in [-0.2, 0) is 14.4 Å². The highest BCUT2D eigenvalue weighted by Crippen LogP contribution is 2.25. The van der Waals surface area contributed by atoms with Gasteiger partial charge in [-0.05, 0) is 25.7 Å². The molecule has 5 nitrogen and oxygen atoms in total. The van der Waals surface area contributed by atoms with Gasteiger partial charge in [-0.2, -0.15) is 0 Å². The fourth-order valence-electron chi connectivity index (χ4n) is 3.48. The van der Waals surface area contributed by atoms with Gasteiger partial charge in [-0.25, -0.2) is 0 Å². The van der Waals surface area contributed by atoms with Crippen LogP contribution in [0, 0.1) is 11.8 Å². The average molecular weight is 308 g/mol. The molecule has 2 heterocycles. The summed E-state index contributed by atoms with van der Waals surface area (Å²) in [6, 6.07) is -0.793. The zero-order valence-corrected chi connectivity index (χ0v) is 14.1. The molecule has 0 aromatic carbocycles. The Kier molecular flexibility index (Phi) is 5.37. The van der Waals surface area contributed by atoms with Crippen molar-refractivity contribution in [3.8, 4) is 0 Å². The Morgan fingerprint density at radius 3 is 2.09 bits per heavy atom. The van der Waals surface area contributed by atoms with Gasteiger partial charge >= 0.3 is 0 Å². The standard InChI is InChI=1S/C17H28N2O3/c1-10(2)15(20)12-7-8-13(18-12)17(22)19-9-5-6-14(19)16(21)11(3)4/h10-14,18H,5-9H2,1-4H3/t12?,13-,14+/m1/s1. The second-order valence-electron chi connectivity index (χ2n) is 7.15. The highest BCUT2D eigenvalue weighted by Gasteiger charge is 2.41. The molecular weight excluding hydrogens is 280 g/mol. The van der Waals surface area contributed by atoms with E-state index in [0.717, 1.165) is 12.8 Å². The molecule has 3 atom stereocenters. The number of likely N-dealkylation sites (tertiary alicyclic amines) is 1. The molecule has 1 amide bonds. The Bertz CT molecular complexity index is 459. The van der Waals surface area contributed by atoms with Gasteiger partial charge in [0.05, 0.1) is 18.1 Å². The van der Waals surface area contributed by atoms with Crippen LogP contribution in [0.4, 0.5) is 0 Å². The first-order valence-electron chi connectivity index (χ1n) is 8.47. The molecule has 0 saturated carbocycles. The predicted octanol–water partition coefficient (Wildman–Crippen LogP) is 1.55. The minimum atomic E-state index is -0.312. The second-order valence-corrected chi connectivity index (χ2v) is 7.15. The molecule has 0 spiro atoms. The summed E-state index contributed by atoms with van der Waals surface area (Å²) in [4.78, 5) is 38.8. The minimum Gasteiger partial charge on any atom is -0.331 e. The molecule has 5 heteroatoms. The summed E-state index contributed by atoms with van der Waals surface area (Å²) in [5.41, 5.74) is 0. The first kappa shape index (κ1) is 17.1. The highest BCUT2D eigenvalue weighted by atomic mass is 16.2. The summed E-state index contributed by atoms with van der Waals surface area (Å²) in [7, 11) is 0. The van der Waals surface area contributed by atoms with Gasteiger partial charge in [0, 0.05) is 18.4 Å². The molecule has 0 aromatic heterocycles. The zero-order chi connectivity index (χ0) is 16.4. The molecule has 2 saturated heterocycles. The van der Waals surface area contributed by atoms with Crippen molar-refractivity contribution < 1.29 is 14.4 Å². The molecule has 2 rings (SSSR count). The van der Waals surface area contributed by atoms with Gasteiger partial charge in [-0.1, -0.05) is 27.7 Å². The van der Waals surface area contributed by atoms with Crippen molar-refractivity contribution in [3.63, 3.8) is 0 Å². The number of Topliss-reactive ketones (excluding diaryl/α,β-unsaturated/α-hetero) is 2. The van der Waals surface area contributed by atoms with E-state index >= 15 is 0 Å². The molecule has 2 aliphatic heterocycles. The van der Waals surface area contributed by atoms with Crippen molar-refractivity contribution in [3.05, 3.63) is 0 Å². The van der Waals surface area contributed by atoms with Crippen LogP contribution in [0.25, 0.3) is 0 Å². The molecule has 22 heavy (non-hydrogen) atoms. The van der Waals surface area contributed by atoms with Gasteiger partial charge < -0.3 is 4.90 Å². The van der Waals surface area contributed by atoms with Gasteiger partial charge in [0.25, 0.3) is 0 Å². The number of hydrogen-bond acceptors (Lipinski definition) is 4. The molecule has 1 unspecified atom stereocenters. The lowest BCUT2D eigenvalue weighted by Gasteiger charge is -2.28. The summed E-state index contributed by atoms with van der Waals surface area (Å²) in [5.74, 6) is 0.249. The summed E-state index contributed by atoms with van der Waals surface area (Å²) in [5, 5.41) is 3.19. The maximum Gasteiger partial charge on any atom is 0.240 e. The third-order valence-corrected chi connectivity index (χ3v) is 4.79. The van der Waals surface area contributed by atoms with E-state index < -0.39 is 0 Å². The Hall–Kier alpha value is -1.23. The summed E-state index contributed by atoms with van der Waals surface area (Å²) in [6.45, 7) is 8.19. The SMILES string of the molecule is CC(C)C(=O)C1CC[C@H](C(=O)N2CCC[C@H]2C(=O)C(C)C)N1. The fraction of sp³-hybridized carbons (Fsp3) is 0.824. The number of carbonyl (C=O) groups is 3. The van der Waals surface area contributed by atoms with Gasteiger partial charge in [0.2, 0.25) is 5.91 Å². The molecule has 0 bridgehead atoms. The number of hydrogen-bond donors (Lipinski definition) is 1. The van der Waals surface area contributed by atoms with Crippen molar-refractivity contribution in [2.75, 3.05) is 6.54 Å². The summed E-state index contributed by atoms with van der Waals surface area (Å²) >= 11 is 0. The monoisotopic (exact) mass is 308 g/mol. The van der Waals surface area contributed by atoms with Crippen LogP contribution in [0.2, 0.25) is 0 Å². The molecule has 2 fully saturated rings. The largest absolute Gasteiger partial charge is 0.331 e. The Balaban J connectivity index is 2.00. The maximum atomic E-state index is 12.7. The van der Waals surface area contributed by atoms with Crippen molar-refractivity contribution >= 4 is 17.5 Å². The number of carbonyl (C=O) groups excluding carboxylic acids is 3. The molecule has 1 N–H and O–H groups in total. The molecule has 2 aliphatic rings. The molecule has 0 aliphatic carbocycles. The Labute approximate surface area is 132 Å². The van der Waals surface area contributed by atoms with Crippen molar-refractivity contribution in [2.45, 2.75) is 71.5 Å². The molecule has 124 valence electrons. The van der Waals surface area contributed by atoms with E-state index in [4.69, 9.17) is 0 Å². The van der Waals surface area contributed by atoms with Crippen LogP contribution < -0.4 is 5.32 Å². The average Bonchev–Trinajstić information content (AvgIpc) is 3.13. The number of amides is 1. The molecule has 0 aromatic rings. The highest BCUT2D eigenvalue weighted by molar-refractivity contribution is 5.93. The minimum absolute atomic E-state index is 0.00411. The van der Waals surface area contributed by atoms with Crippen LogP contribution >= 0.6 is 0 Å². The summed E-state index contributed by atoms with van der Waals surface area (Å²) < 4.78 is 0.